The first-order valence-corrected chi connectivity index (χ1v) is 6.25. The first-order chi connectivity index (χ1) is 9.09. The van der Waals surface area contributed by atoms with Crippen molar-refractivity contribution in [2.75, 3.05) is 0 Å². The van der Waals surface area contributed by atoms with Gasteiger partial charge in [0.2, 0.25) is 0 Å². The fourth-order valence-electron chi connectivity index (χ4n) is 1.94. The second kappa shape index (κ2) is 5.76. The molecular formula is C15H13ClO3. The van der Waals surface area contributed by atoms with E-state index in [1.807, 2.05) is 24.3 Å². The Hall–Kier alpha value is -2.00. The molecule has 0 heterocycles. The topological polar surface area (TPSA) is 57.5 Å². The largest absolute Gasteiger partial charge is 0.507 e. The Morgan fingerprint density at radius 3 is 2.32 bits per heavy atom. The van der Waals surface area contributed by atoms with E-state index in [-0.39, 0.29) is 11.3 Å². The van der Waals surface area contributed by atoms with Crippen molar-refractivity contribution < 1.29 is 15.0 Å². The van der Waals surface area contributed by atoms with Gasteiger partial charge in [-0.25, -0.2) is 4.79 Å². The lowest BCUT2D eigenvalue weighted by molar-refractivity contribution is 0.0693. The van der Waals surface area contributed by atoms with Crippen LogP contribution in [0.4, 0.5) is 0 Å². The summed E-state index contributed by atoms with van der Waals surface area (Å²) in [4.78, 5) is 10.9. The number of rotatable bonds is 4. The smallest absolute Gasteiger partial charge is 0.339 e. The Labute approximate surface area is 116 Å². The molecule has 0 aromatic heterocycles. The van der Waals surface area contributed by atoms with Gasteiger partial charge in [-0.3, -0.25) is 0 Å². The quantitative estimate of drug-likeness (QED) is 0.898. The first-order valence-electron chi connectivity index (χ1n) is 5.87. The van der Waals surface area contributed by atoms with Gasteiger partial charge in [0.25, 0.3) is 0 Å². The molecule has 2 aromatic carbocycles. The standard InChI is InChI=1S/C15H13ClO3/c16-13-7-2-1-4-10(13)8-9-11-5-3-6-12(14(11)17)15(18)19/h1-7,17H,8-9H2,(H,18,19). The predicted octanol–water partition coefficient (Wildman–Crippen LogP) is 3.53. The van der Waals surface area contributed by atoms with Gasteiger partial charge in [0.15, 0.2) is 0 Å². The maximum absolute atomic E-state index is 10.9. The third-order valence-corrected chi connectivity index (χ3v) is 3.34. The maximum Gasteiger partial charge on any atom is 0.339 e. The highest BCUT2D eigenvalue weighted by Gasteiger charge is 2.12. The summed E-state index contributed by atoms with van der Waals surface area (Å²) in [7, 11) is 0. The molecule has 2 N–H and O–H groups in total. The molecule has 0 spiro atoms. The van der Waals surface area contributed by atoms with E-state index in [4.69, 9.17) is 16.7 Å². The zero-order valence-corrected chi connectivity index (χ0v) is 10.9. The number of hydrogen-bond acceptors (Lipinski definition) is 2. The predicted molar refractivity (Wildman–Crippen MR) is 73.9 cm³/mol. The lowest BCUT2D eigenvalue weighted by Gasteiger charge is -2.08. The molecule has 0 fully saturated rings. The molecule has 0 saturated carbocycles. The Bertz CT molecular complexity index is 608. The molecule has 0 aliphatic heterocycles. The van der Waals surface area contributed by atoms with Gasteiger partial charge in [-0.2, -0.15) is 0 Å². The van der Waals surface area contributed by atoms with Crippen LogP contribution >= 0.6 is 11.6 Å². The summed E-state index contributed by atoms with van der Waals surface area (Å²) in [6, 6.07) is 12.2. The number of carboxylic acid groups (broad SMARTS) is 1. The molecule has 0 aliphatic rings. The first kappa shape index (κ1) is 13.4. The summed E-state index contributed by atoms with van der Waals surface area (Å²) in [6.07, 6.45) is 1.19. The van der Waals surface area contributed by atoms with Gasteiger partial charge in [-0.05, 0) is 36.1 Å². The Morgan fingerprint density at radius 2 is 1.63 bits per heavy atom. The van der Waals surface area contributed by atoms with Crippen molar-refractivity contribution in [3.63, 3.8) is 0 Å². The minimum atomic E-state index is -1.13. The Balaban J connectivity index is 2.19. The molecule has 0 radical (unpaired) electrons. The van der Waals surface area contributed by atoms with Crippen LogP contribution in [0.3, 0.4) is 0 Å². The monoisotopic (exact) mass is 276 g/mol. The molecule has 0 atom stereocenters. The van der Waals surface area contributed by atoms with Gasteiger partial charge >= 0.3 is 5.97 Å². The normalized spacial score (nSPS) is 10.4. The highest BCUT2D eigenvalue weighted by Crippen LogP contribution is 2.25. The summed E-state index contributed by atoms with van der Waals surface area (Å²) >= 11 is 6.06. The van der Waals surface area contributed by atoms with Crippen molar-refractivity contribution >= 4 is 17.6 Å². The highest BCUT2D eigenvalue weighted by molar-refractivity contribution is 6.31. The van der Waals surface area contributed by atoms with E-state index in [2.05, 4.69) is 0 Å². The summed E-state index contributed by atoms with van der Waals surface area (Å²) in [5, 5.41) is 19.5. The van der Waals surface area contributed by atoms with Gasteiger partial charge in [-0.15, -0.1) is 0 Å². The van der Waals surface area contributed by atoms with E-state index < -0.39 is 5.97 Å². The SMILES string of the molecule is O=C(O)c1cccc(CCc2ccccc2Cl)c1O. The third kappa shape index (κ3) is 3.06. The van der Waals surface area contributed by atoms with Crippen LogP contribution in [0, 0.1) is 0 Å². The molecule has 0 unspecified atom stereocenters. The van der Waals surface area contributed by atoms with Gasteiger partial charge in [0.1, 0.15) is 11.3 Å². The van der Waals surface area contributed by atoms with E-state index in [1.54, 1.807) is 12.1 Å². The van der Waals surface area contributed by atoms with Crippen LogP contribution < -0.4 is 0 Å². The van der Waals surface area contributed by atoms with Gasteiger partial charge < -0.3 is 10.2 Å². The number of phenols is 1. The fourth-order valence-corrected chi connectivity index (χ4v) is 2.17. The molecule has 3 nitrogen and oxygen atoms in total. The minimum absolute atomic E-state index is 0.0725. The van der Waals surface area contributed by atoms with E-state index >= 15 is 0 Å². The average Bonchev–Trinajstić information content (AvgIpc) is 2.39. The Kier molecular flexibility index (Phi) is 4.07. The van der Waals surface area contributed by atoms with Crippen LogP contribution in [-0.2, 0) is 12.8 Å². The molecule has 4 heteroatoms. The molecule has 0 saturated heterocycles. The average molecular weight is 277 g/mol. The van der Waals surface area contributed by atoms with Crippen LogP contribution in [0.5, 0.6) is 5.75 Å². The van der Waals surface area contributed by atoms with Crippen molar-refractivity contribution in [2.24, 2.45) is 0 Å². The molecule has 2 aromatic rings. The number of carboxylic acids is 1. The lowest BCUT2D eigenvalue weighted by atomic mass is 10.0. The maximum atomic E-state index is 10.9. The summed E-state index contributed by atoms with van der Waals surface area (Å²) < 4.78 is 0. The second-order valence-electron chi connectivity index (χ2n) is 4.21. The van der Waals surface area contributed by atoms with Crippen molar-refractivity contribution in [2.45, 2.75) is 12.8 Å². The number of benzene rings is 2. The van der Waals surface area contributed by atoms with Crippen molar-refractivity contribution in [3.8, 4) is 5.75 Å². The molecule has 0 aliphatic carbocycles. The minimum Gasteiger partial charge on any atom is -0.507 e. The van der Waals surface area contributed by atoms with Crippen LogP contribution in [0.1, 0.15) is 21.5 Å². The highest BCUT2D eigenvalue weighted by atomic mass is 35.5. The third-order valence-electron chi connectivity index (χ3n) is 2.97. The second-order valence-corrected chi connectivity index (χ2v) is 4.62. The van der Waals surface area contributed by atoms with Crippen LogP contribution in [0.2, 0.25) is 5.02 Å². The van der Waals surface area contributed by atoms with Crippen molar-refractivity contribution in [1.82, 2.24) is 0 Å². The van der Waals surface area contributed by atoms with E-state index in [0.717, 1.165) is 5.56 Å². The lowest BCUT2D eigenvalue weighted by Crippen LogP contribution is -2.00. The number of hydrogen-bond donors (Lipinski definition) is 2. The van der Waals surface area contributed by atoms with Crippen LogP contribution in [0.15, 0.2) is 42.5 Å². The van der Waals surface area contributed by atoms with Gasteiger partial charge in [-0.1, -0.05) is 41.9 Å². The Morgan fingerprint density at radius 1 is 1.00 bits per heavy atom. The summed E-state index contributed by atoms with van der Waals surface area (Å²) in [5.41, 5.74) is 1.51. The molecular weight excluding hydrogens is 264 g/mol. The van der Waals surface area contributed by atoms with Crippen LogP contribution in [0.25, 0.3) is 0 Å². The number of aryl methyl sites for hydroxylation is 2. The number of aromatic hydroxyl groups is 1. The summed E-state index contributed by atoms with van der Waals surface area (Å²) in [5.74, 6) is -1.29. The van der Waals surface area contributed by atoms with E-state index in [1.165, 1.54) is 6.07 Å². The van der Waals surface area contributed by atoms with Crippen LogP contribution in [-0.4, -0.2) is 16.2 Å². The molecule has 19 heavy (non-hydrogen) atoms. The van der Waals surface area contributed by atoms with Crippen molar-refractivity contribution in [3.05, 3.63) is 64.2 Å². The van der Waals surface area contributed by atoms with Gasteiger partial charge in [0, 0.05) is 5.02 Å². The van der Waals surface area contributed by atoms with Crippen molar-refractivity contribution in [1.29, 1.82) is 0 Å². The fraction of sp³-hybridized carbons (Fsp3) is 0.133. The molecule has 98 valence electrons. The van der Waals surface area contributed by atoms with E-state index in [0.29, 0.717) is 23.4 Å². The zero-order chi connectivity index (χ0) is 13.8. The van der Waals surface area contributed by atoms with Gasteiger partial charge in [0.05, 0.1) is 0 Å². The number of halogens is 1. The molecule has 0 bridgehead atoms. The molecule has 2 rings (SSSR count). The van der Waals surface area contributed by atoms with E-state index in [9.17, 15) is 9.90 Å². The summed E-state index contributed by atoms with van der Waals surface area (Å²) in [6.45, 7) is 0. The zero-order valence-electron chi connectivity index (χ0n) is 10.1. The number of aromatic carboxylic acids is 1. The number of carbonyl (C=O) groups is 1. The number of para-hydroxylation sites is 1. The molecule has 0 amide bonds.